The lowest BCUT2D eigenvalue weighted by Gasteiger charge is -2.29. The molecule has 0 unspecified atom stereocenters. The summed E-state index contributed by atoms with van der Waals surface area (Å²) in [6.07, 6.45) is 0.178. The second-order valence-electron chi connectivity index (χ2n) is 4.35. The summed E-state index contributed by atoms with van der Waals surface area (Å²) in [4.78, 5) is -0.310. The Kier molecular flexibility index (Phi) is 5.46. The Morgan fingerprint density at radius 3 is 2.35 bits per heavy atom. The molecule has 20 heavy (non-hydrogen) atoms. The zero-order chi connectivity index (χ0) is 15.4. The van der Waals surface area contributed by atoms with Crippen molar-refractivity contribution in [3.8, 4) is 5.75 Å². The zero-order valence-electron chi connectivity index (χ0n) is 11.3. The number of sulfonamides is 1. The summed E-state index contributed by atoms with van der Waals surface area (Å²) in [5.41, 5.74) is -1.38. The van der Waals surface area contributed by atoms with Crippen molar-refractivity contribution in [1.82, 2.24) is 4.72 Å². The molecule has 0 atom stereocenters. The second kappa shape index (κ2) is 6.49. The molecule has 114 valence electrons. The molecule has 0 amide bonds. The van der Waals surface area contributed by atoms with Gasteiger partial charge >= 0.3 is 0 Å². The number of nitrogens with one attached hydrogen (secondary N) is 1. The molecule has 0 aromatic heterocycles. The number of rotatable bonds is 7. The van der Waals surface area contributed by atoms with Gasteiger partial charge in [-0.1, -0.05) is 6.92 Å². The van der Waals surface area contributed by atoms with Crippen LogP contribution in [-0.4, -0.2) is 44.5 Å². The van der Waals surface area contributed by atoms with Gasteiger partial charge in [-0.3, -0.25) is 0 Å². The first-order chi connectivity index (χ1) is 9.34. The number of aliphatic hydroxyl groups excluding tert-OH is 2. The average Bonchev–Trinajstić information content (AvgIpc) is 2.44. The SMILES string of the molecule is CCC(CO)(CO)NS(=O)(=O)c1ccc(OC)c(F)c1. The Hall–Kier alpha value is -1.22. The Bertz CT molecular complexity index is 549. The Morgan fingerprint density at radius 1 is 1.35 bits per heavy atom. The monoisotopic (exact) mass is 307 g/mol. The minimum absolute atomic E-state index is 0.0741. The predicted octanol–water partition coefficient (Wildman–Crippen LogP) is 0.246. The summed E-state index contributed by atoms with van der Waals surface area (Å²) in [5, 5.41) is 18.5. The maximum Gasteiger partial charge on any atom is 0.241 e. The van der Waals surface area contributed by atoms with E-state index in [4.69, 9.17) is 4.74 Å². The summed E-state index contributed by atoms with van der Waals surface area (Å²) in [5.74, 6) is -0.888. The van der Waals surface area contributed by atoms with Gasteiger partial charge in [-0.2, -0.15) is 0 Å². The topological polar surface area (TPSA) is 95.9 Å². The molecule has 0 aliphatic carbocycles. The third kappa shape index (κ3) is 3.45. The van der Waals surface area contributed by atoms with Crippen LogP contribution < -0.4 is 9.46 Å². The van der Waals surface area contributed by atoms with E-state index in [1.165, 1.54) is 19.2 Å². The fourth-order valence-electron chi connectivity index (χ4n) is 1.57. The van der Waals surface area contributed by atoms with E-state index >= 15 is 0 Å². The highest BCUT2D eigenvalue weighted by molar-refractivity contribution is 7.89. The molecule has 0 radical (unpaired) electrons. The van der Waals surface area contributed by atoms with Crippen molar-refractivity contribution in [3.05, 3.63) is 24.0 Å². The Morgan fingerprint density at radius 2 is 1.95 bits per heavy atom. The van der Waals surface area contributed by atoms with E-state index in [1.807, 2.05) is 0 Å². The van der Waals surface area contributed by atoms with Crippen LogP contribution in [0.5, 0.6) is 5.75 Å². The maximum absolute atomic E-state index is 13.5. The third-order valence-electron chi connectivity index (χ3n) is 3.07. The molecular formula is C12H18FNO5S. The number of halogens is 1. The van der Waals surface area contributed by atoms with E-state index < -0.39 is 34.6 Å². The Labute approximate surface area is 117 Å². The molecule has 1 aromatic carbocycles. The molecule has 0 saturated carbocycles. The molecule has 0 bridgehead atoms. The van der Waals surface area contributed by atoms with Gasteiger partial charge in [0.1, 0.15) is 0 Å². The summed E-state index contributed by atoms with van der Waals surface area (Å²) in [6, 6.07) is 3.19. The first-order valence-corrected chi connectivity index (χ1v) is 7.41. The highest BCUT2D eigenvalue weighted by Gasteiger charge is 2.33. The van der Waals surface area contributed by atoms with Crippen molar-refractivity contribution in [2.24, 2.45) is 0 Å². The van der Waals surface area contributed by atoms with E-state index in [-0.39, 0.29) is 17.1 Å². The van der Waals surface area contributed by atoms with Crippen LogP contribution in [0.4, 0.5) is 4.39 Å². The minimum atomic E-state index is -4.07. The van der Waals surface area contributed by atoms with Gasteiger partial charge in [0.25, 0.3) is 0 Å². The molecule has 0 aliphatic heterocycles. The normalized spacial score (nSPS) is 12.4. The predicted molar refractivity (Wildman–Crippen MR) is 70.5 cm³/mol. The van der Waals surface area contributed by atoms with Crippen LogP contribution in [0.2, 0.25) is 0 Å². The lowest BCUT2D eigenvalue weighted by atomic mass is 10.0. The van der Waals surface area contributed by atoms with E-state index in [1.54, 1.807) is 6.92 Å². The number of hydrogen-bond donors (Lipinski definition) is 3. The largest absolute Gasteiger partial charge is 0.494 e. The van der Waals surface area contributed by atoms with Gasteiger partial charge in [-0.05, 0) is 24.6 Å². The molecule has 8 heteroatoms. The summed E-state index contributed by atoms with van der Waals surface area (Å²) >= 11 is 0. The van der Waals surface area contributed by atoms with Crippen molar-refractivity contribution in [3.63, 3.8) is 0 Å². The van der Waals surface area contributed by atoms with E-state index in [9.17, 15) is 23.0 Å². The van der Waals surface area contributed by atoms with Crippen molar-refractivity contribution in [1.29, 1.82) is 0 Å². The lowest BCUT2D eigenvalue weighted by molar-refractivity contribution is 0.105. The van der Waals surface area contributed by atoms with Crippen LogP contribution in [0.25, 0.3) is 0 Å². The highest BCUT2D eigenvalue weighted by Crippen LogP contribution is 2.22. The van der Waals surface area contributed by atoms with Crippen LogP contribution in [0, 0.1) is 5.82 Å². The first-order valence-electron chi connectivity index (χ1n) is 5.93. The van der Waals surface area contributed by atoms with Gasteiger partial charge in [0.15, 0.2) is 11.6 Å². The van der Waals surface area contributed by atoms with Crippen molar-refractivity contribution in [2.75, 3.05) is 20.3 Å². The van der Waals surface area contributed by atoms with Crippen LogP contribution in [0.15, 0.2) is 23.1 Å². The highest BCUT2D eigenvalue weighted by atomic mass is 32.2. The Balaban J connectivity index is 3.14. The van der Waals surface area contributed by atoms with Gasteiger partial charge in [0.2, 0.25) is 10.0 Å². The fourth-order valence-corrected chi connectivity index (χ4v) is 3.04. The van der Waals surface area contributed by atoms with Gasteiger partial charge in [-0.25, -0.2) is 17.5 Å². The number of methoxy groups -OCH3 is 1. The molecule has 3 N–H and O–H groups in total. The molecule has 0 aliphatic rings. The van der Waals surface area contributed by atoms with Crippen LogP contribution in [0.3, 0.4) is 0 Å². The smallest absolute Gasteiger partial charge is 0.241 e. The summed E-state index contributed by atoms with van der Waals surface area (Å²) < 4.78 is 44.7. The van der Waals surface area contributed by atoms with Crippen LogP contribution in [-0.2, 0) is 10.0 Å². The maximum atomic E-state index is 13.5. The number of benzene rings is 1. The summed E-state index contributed by atoms with van der Waals surface area (Å²) in [7, 11) is -2.80. The number of ether oxygens (including phenoxy) is 1. The van der Waals surface area contributed by atoms with E-state index in [2.05, 4.69) is 4.72 Å². The molecule has 0 fully saturated rings. The molecule has 6 nitrogen and oxygen atoms in total. The van der Waals surface area contributed by atoms with Crippen molar-refractivity contribution in [2.45, 2.75) is 23.8 Å². The van der Waals surface area contributed by atoms with Gasteiger partial charge in [-0.15, -0.1) is 0 Å². The average molecular weight is 307 g/mol. The molecule has 1 rings (SSSR count). The molecular weight excluding hydrogens is 289 g/mol. The molecule has 0 saturated heterocycles. The van der Waals surface area contributed by atoms with Gasteiger partial charge < -0.3 is 14.9 Å². The third-order valence-corrected chi connectivity index (χ3v) is 4.64. The van der Waals surface area contributed by atoms with E-state index in [0.717, 1.165) is 6.07 Å². The standard InChI is InChI=1S/C12H18FNO5S/c1-3-12(7-15,8-16)14-20(17,18)9-4-5-11(19-2)10(13)6-9/h4-6,14-16H,3,7-8H2,1-2H3. The quantitative estimate of drug-likeness (QED) is 0.671. The van der Waals surface area contributed by atoms with Crippen molar-refractivity contribution >= 4 is 10.0 Å². The molecule has 0 heterocycles. The summed E-state index contributed by atoms with van der Waals surface area (Å²) in [6.45, 7) is 0.472. The number of aliphatic hydroxyl groups is 2. The second-order valence-corrected chi connectivity index (χ2v) is 6.03. The van der Waals surface area contributed by atoms with Gasteiger partial charge in [0.05, 0.1) is 30.8 Å². The van der Waals surface area contributed by atoms with E-state index in [0.29, 0.717) is 0 Å². The minimum Gasteiger partial charge on any atom is -0.494 e. The molecule has 1 aromatic rings. The number of hydrogen-bond acceptors (Lipinski definition) is 5. The first kappa shape index (κ1) is 16.8. The fraction of sp³-hybridized carbons (Fsp3) is 0.500. The zero-order valence-corrected chi connectivity index (χ0v) is 12.1. The van der Waals surface area contributed by atoms with Crippen LogP contribution in [0.1, 0.15) is 13.3 Å². The van der Waals surface area contributed by atoms with Crippen LogP contribution >= 0.6 is 0 Å². The molecule has 0 spiro atoms. The van der Waals surface area contributed by atoms with Crippen molar-refractivity contribution < 1.29 is 27.8 Å². The lowest BCUT2D eigenvalue weighted by Crippen LogP contribution is -2.53. The van der Waals surface area contributed by atoms with Gasteiger partial charge in [0, 0.05) is 0 Å².